The number of hydrogen-bond donors (Lipinski definition) is 0. The predicted octanol–water partition coefficient (Wildman–Crippen LogP) is 2.36. The Balaban J connectivity index is 2.91. The standard InChI is InChI=1S/C13H21NO3S/c1-5-17-12-6-8-13(9-7-12)18(15,16)14(4)10-11(2)3/h6-9,11H,5,10H2,1-4H3. The minimum atomic E-state index is -3.39. The van der Waals surface area contributed by atoms with E-state index in [4.69, 9.17) is 4.74 Å². The zero-order chi connectivity index (χ0) is 13.8. The fourth-order valence-electron chi connectivity index (χ4n) is 1.67. The van der Waals surface area contributed by atoms with Gasteiger partial charge >= 0.3 is 0 Å². The first kappa shape index (κ1) is 15.0. The van der Waals surface area contributed by atoms with Gasteiger partial charge in [-0.3, -0.25) is 0 Å². The number of rotatable bonds is 6. The molecule has 0 N–H and O–H groups in total. The average Bonchev–Trinajstić information content (AvgIpc) is 2.29. The van der Waals surface area contributed by atoms with Crippen LogP contribution in [0.2, 0.25) is 0 Å². The average molecular weight is 271 g/mol. The van der Waals surface area contributed by atoms with Crippen molar-refractivity contribution < 1.29 is 13.2 Å². The Labute approximate surface area is 110 Å². The molecular formula is C13H21NO3S. The molecule has 4 nitrogen and oxygen atoms in total. The molecule has 0 bridgehead atoms. The molecule has 0 aliphatic rings. The quantitative estimate of drug-likeness (QED) is 0.798. The first-order valence-electron chi connectivity index (χ1n) is 6.07. The Hall–Kier alpha value is -1.07. The van der Waals surface area contributed by atoms with E-state index in [0.29, 0.717) is 29.7 Å². The van der Waals surface area contributed by atoms with E-state index in [1.807, 2.05) is 20.8 Å². The number of nitrogens with zero attached hydrogens (tertiary/aromatic N) is 1. The van der Waals surface area contributed by atoms with Gasteiger partial charge in [-0.1, -0.05) is 13.8 Å². The van der Waals surface area contributed by atoms with E-state index >= 15 is 0 Å². The summed E-state index contributed by atoms with van der Waals surface area (Å²) in [4.78, 5) is 0.300. The number of ether oxygens (including phenoxy) is 1. The number of hydrogen-bond acceptors (Lipinski definition) is 3. The molecule has 5 heteroatoms. The predicted molar refractivity (Wildman–Crippen MR) is 72.3 cm³/mol. The Bertz CT molecular complexity index is 466. The second-order valence-electron chi connectivity index (χ2n) is 4.58. The van der Waals surface area contributed by atoms with Gasteiger partial charge in [0.15, 0.2) is 0 Å². The summed E-state index contributed by atoms with van der Waals surface area (Å²) in [6.45, 7) is 6.95. The zero-order valence-corrected chi connectivity index (χ0v) is 12.2. The van der Waals surface area contributed by atoms with Crippen molar-refractivity contribution in [1.29, 1.82) is 0 Å². The van der Waals surface area contributed by atoms with Crippen LogP contribution in [0.15, 0.2) is 29.2 Å². The zero-order valence-electron chi connectivity index (χ0n) is 11.4. The summed E-state index contributed by atoms with van der Waals surface area (Å²) in [6, 6.07) is 6.52. The lowest BCUT2D eigenvalue weighted by atomic mass is 10.2. The highest BCUT2D eigenvalue weighted by atomic mass is 32.2. The Morgan fingerprint density at radius 2 is 1.78 bits per heavy atom. The van der Waals surface area contributed by atoms with Crippen molar-refractivity contribution in [2.24, 2.45) is 5.92 Å². The third-order valence-corrected chi connectivity index (χ3v) is 4.30. The van der Waals surface area contributed by atoms with Crippen LogP contribution in [0, 0.1) is 5.92 Å². The van der Waals surface area contributed by atoms with Gasteiger partial charge in [-0.15, -0.1) is 0 Å². The van der Waals surface area contributed by atoms with E-state index in [1.54, 1.807) is 31.3 Å². The van der Waals surface area contributed by atoms with Crippen LogP contribution in [-0.2, 0) is 10.0 Å². The maximum absolute atomic E-state index is 12.2. The van der Waals surface area contributed by atoms with Gasteiger partial charge in [0.05, 0.1) is 11.5 Å². The number of benzene rings is 1. The second-order valence-corrected chi connectivity index (χ2v) is 6.63. The lowest BCUT2D eigenvalue weighted by Crippen LogP contribution is -2.30. The summed E-state index contributed by atoms with van der Waals surface area (Å²) in [6.07, 6.45) is 0. The maximum Gasteiger partial charge on any atom is 0.242 e. The van der Waals surface area contributed by atoms with Gasteiger partial charge < -0.3 is 4.74 Å². The van der Waals surface area contributed by atoms with Crippen LogP contribution in [0.4, 0.5) is 0 Å². The van der Waals surface area contributed by atoms with Gasteiger partial charge in [-0.25, -0.2) is 12.7 Å². The van der Waals surface area contributed by atoms with Gasteiger partial charge in [-0.05, 0) is 37.1 Å². The fourth-order valence-corrected chi connectivity index (χ4v) is 3.00. The minimum Gasteiger partial charge on any atom is -0.494 e. The summed E-state index contributed by atoms with van der Waals surface area (Å²) in [7, 11) is -1.79. The van der Waals surface area contributed by atoms with Crippen molar-refractivity contribution >= 4 is 10.0 Å². The molecule has 0 radical (unpaired) electrons. The molecular weight excluding hydrogens is 250 g/mol. The molecule has 0 aliphatic heterocycles. The SMILES string of the molecule is CCOc1ccc(S(=O)(=O)N(C)CC(C)C)cc1. The first-order valence-corrected chi connectivity index (χ1v) is 7.51. The van der Waals surface area contributed by atoms with Crippen LogP contribution in [0.25, 0.3) is 0 Å². The summed E-state index contributed by atoms with van der Waals surface area (Å²) < 4.78 is 31.1. The van der Waals surface area contributed by atoms with Crippen molar-refractivity contribution in [3.8, 4) is 5.75 Å². The van der Waals surface area contributed by atoms with Crippen molar-refractivity contribution in [3.63, 3.8) is 0 Å². The van der Waals surface area contributed by atoms with Crippen LogP contribution in [0.5, 0.6) is 5.75 Å². The van der Waals surface area contributed by atoms with E-state index in [-0.39, 0.29) is 0 Å². The van der Waals surface area contributed by atoms with Crippen LogP contribution in [0.3, 0.4) is 0 Å². The van der Waals surface area contributed by atoms with Crippen molar-refractivity contribution in [2.45, 2.75) is 25.7 Å². The highest BCUT2D eigenvalue weighted by molar-refractivity contribution is 7.89. The van der Waals surface area contributed by atoms with E-state index < -0.39 is 10.0 Å². The molecule has 0 saturated carbocycles. The third kappa shape index (κ3) is 3.71. The van der Waals surface area contributed by atoms with Crippen molar-refractivity contribution in [2.75, 3.05) is 20.2 Å². The van der Waals surface area contributed by atoms with E-state index in [9.17, 15) is 8.42 Å². The molecule has 0 saturated heterocycles. The molecule has 0 fully saturated rings. The van der Waals surface area contributed by atoms with Crippen molar-refractivity contribution in [3.05, 3.63) is 24.3 Å². The highest BCUT2D eigenvalue weighted by Gasteiger charge is 2.21. The fraction of sp³-hybridized carbons (Fsp3) is 0.538. The summed E-state index contributed by atoms with van der Waals surface area (Å²) >= 11 is 0. The normalized spacial score (nSPS) is 12.1. The molecule has 18 heavy (non-hydrogen) atoms. The van der Waals surface area contributed by atoms with Gasteiger partial charge in [0.25, 0.3) is 0 Å². The van der Waals surface area contributed by atoms with Crippen LogP contribution < -0.4 is 4.74 Å². The molecule has 1 aromatic carbocycles. The topological polar surface area (TPSA) is 46.6 Å². The molecule has 0 aliphatic carbocycles. The summed E-state index contributed by atoms with van der Waals surface area (Å²) in [5, 5.41) is 0. The maximum atomic E-state index is 12.2. The molecule has 0 atom stereocenters. The van der Waals surface area contributed by atoms with Crippen LogP contribution >= 0.6 is 0 Å². The molecule has 0 spiro atoms. The Morgan fingerprint density at radius 1 is 1.22 bits per heavy atom. The lowest BCUT2D eigenvalue weighted by molar-refractivity contribution is 0.340. The highest BCUT2D eigenvalue weighted by Crippen LogP contribution is 2.19. The monoisotopic (exact) mass is 271 g/mol. The lowest BCUT2D eigenvalue weighted by Gasteiger charge is -2.19. The van der Waals surface area contributed by atoms with Gasteiger partial charge in [0.1, 0.15) is 5.75 Å². The van der Waals surface area contributed by atoms with Gasteiger partial charge in [0, 0.05) is 13.6 Å². The molecule has 102 valence electrons. The Morgan fingerprint density at radius 3 is 2.22 bits per heavy atom. The van der Waals surface area contributed by atoms with Crippen LogP contribution in [-0.4, -0.2) is 32.9 Å². The molecule has 1 rings (SSSR count). The summed E-state index contributed by atoms with van der Waals surface area (Å²) in [5.41, 5.74) is 0. The van der Waals surface area contributed by atoms with Crippen molar-refractivity contribution in [1.82, 2.24) is 4.31 Å². The largest absolute Gasteiger partial charge is 0.494 e. The third-order valence-electron chi connectivity index (χ3n) is 2.47. The second kappa shape index (κ2) is 6.20. The van der Waals surface area contributed by atoms with E-state index in [0.717, 1.165) is 0 Å². The minimum absolute atomic E-state index is 0.299. The Kier molecular flexibility index (Phi) is 5.16. The molecule has 0 heterocycles. The molecule has 0 unspecified atom stereocenters. The van der Waals surface area contributed by atoms with Gasteiger partial charge in [-0.2, -0.15) is 0 Å². The van der Waals surface area contributed by atoms with Crippen LogP contribution in [0.1, 0.15) is 20.8 Å². The smallest absolute Gasteiger partial charge is 0.242 e. The number of sulfonamides is 1. The van der Waals surface area contributed by atoms with Gasteiger partial charge in [0.2, 0.25) is 10.0 Å². The molecule has 1 aromatic rings. The summed E-state index contributed by atoms with van der Waals surface area (Å²) in [5.74, 6) is 0.982. The van der Waals surface area contributed by atoms with E-state index in [1.165, 1.54) is 4.31 Å². The molecule has 0 aromatic heterocycles. The molecule has 0 amide bonds. The van der Waals surface area contributed by atoms with E-state index in [2.05, 4.69) is 0 Å². The first-order chi connectivity index (χ1) is 8.37.